The first kappa shape index (κ1) is 23.0. The number of aromatic amines is 1. The number of carbonyl (C=O) groups is 1. The lowest BCUT2D eigenvalue weighted by Gasteiger charge is -2.28. The number of imidazole rings is 1. The van der Waals surface area contributed by atoms with Crippen LogP contribution in [0.25, 0.3) is 39.5 Å². The molecule has 9 heteroatoms. The molecule has 8 nitrogen and oxygen atoms in total. The number of fused-ring (bicyclic) bond motifs is 1. The van der Waals surface area contributed by atoms with Gasteiger partial charge < -0.3 is 10.1 Å². The quantitative estimate of drug-likeness (QED) is 0.309. The van der Waals surface area contributed by atoms with Gasteiger partial charge in [0.1, 0.15) is 24.3 Å². The summed E-state index contributed by atoms with van der Waals surface area (Å²) in [6, 6.07) is 17.1. The molecule has 0 amide bonds. The number of hydrogen-bond donors (Lipinski definition) is 2. The maximum absolute atomic E-state index is 15.2. The summed E-state index contributed by atoms with van der Waals surface area (Å²) in [5.74, 6) is 0.652. The van der Waals surface area contributed by atoms with Gasteiger partial charge in [-0.3, -0.25) is 4.79 Å². The van der Waals surface area contributed by atoms with Crippen LogP contribution in [0.15, 0.2) is 67.3 Å². The van der Waals surface area contributed by atoms with E-state index < -0.39 is 5.97 Å². The fraction of sp³-hybridized carbons (Fsp3) is 0.250. The van der Waals surface area contributed by atoms with E-state index in [4.69, 9.17) is 5.11 Å². The summed E-state index contributed by atoms with van der Waals surface area (Å²) in [5, 5.41) is 13.1. The topological polar surface area (TPSA) is 110 Å². The van der Waals surface area contributed by atoms with Crippen molar-refractivity contribution in [3.63, 3.8) is 0 Å². The number of halogens is 1. The van der Waals surface area contributed by atoms with E-state index in [1.54, 1.807) is 23.1 Å². The lowest BCUT2D eigenvalue weighted by molar-refractivity contribution is -0.138. The molecule has 0 bridgehead atoms. The molecule has 0 aliphatic heterocycles. The number of carboxylic acid groups (broad SMARTS) is 1. The number of carboxylic acids is 1. The third kappa shape index (κ3) is 4.72. The smallest absolute Gasteiger partial charge is 0.303 e. The average Bonchev–Trinajstić information content (AvgIpc) is 3.59. The van der Waals surface area contributed by atoms with Gasteiger partial charge in [-0.25, -0.2) is 24.0 Å². The first-order valence-corrected chi connectivity index (χ1v) is 12.4. The molecule has 1 saturated carbocycles. The predicted molar refractivity (Wildman–Crippen MR) is 137 cm³/mol. The van der Waals surface area contributed by atoms with Crippen LogP contribution in [0.5, 0.6) is 0 Å². The molecule has 186 valence electrons. The summed E-state index contributed by atoms with van der Waals surface area (Å²) in [7, 11) is 0. The predicted octanol–water partition coefficient (Wildman–Crippen LogP) is 5.76. The van der Waals surface area contributed by atoms with Gasteiger partial charge in [-0.1, -0.05) is 30.3 Å². The van der Waals surface area contributed by atoms with Gasteiger partial charge in [-0.2, -0.15) is 5.10 Å². The maximum atomic E-state index is 15.2. The molecule has 3 heterocycles. The largest absolute Gasteiger partial charge is 0.481 e. The van der Waals surface area contributed by atoms with Crippen LogP contribution in [-0.2, 0) is 4.79 Å². The highest BCUT2D eigenvalue weighted by Crippen LogP contribution is 2.38. The Morgan fingerprint density at radius 2 is 1.78 bits per heavy atom. The number of H-pyrrole nitrogens is 1. The second kappa shape index (κ2) is 9.57. The molecule has 1 aliphatic rings. The molecule has 3 aromatic heterocycles. The summed E-state index contributed by atoms with van der Waals surface area (Å²) < 4.78 is 16.7. The maximum Gasteiger partial charge on any atom is 0.303 e. The third-order valence-electron chi connectivity index (χ3n) is 7.23. The van der Waals surface area contributed by atoms with E-state index in [0.717, 1.165) is 36.8 Å². The third-order valence-corrected chi connectivity index (χ3v) is 7.23. The van der Waals surface area contributed by atoms with E-state index in [0.29, 0.717) is 34.3 Å². The van der Waals surface area contributed by atoms with E-state index in [1.165, 1.54) is 18.0 Å². The molecule has 0 saturated heterocycles. The van der Waals surface area contributed by atoms with Gasteiger partial charge in [0, 0.05) is 6.42 Å². The van der Waals surface area contributed by atoms with E-state index in [9.17, 15) is 4.79 Å². The normalized spacial score (nSPS) is 17.8. The Hall–Kier alpha value is -4.40. The molecular weight excluding hydrogens is 471 g/mol. The number of nitrogens with one attached hydrogen (secondary N) is 1. The van der Waals surface area contributed by atoms with Crippen molar-refractivity contribution in [1.29, 1.82) is 0 Å². The number of aromatic nitrogens is 6. The minimum absolute atomic E-state index is 0.266. The molecule has 0 spiro atoms. The standard InChI is InChI=1S/C28H25FN6O2/c29-23-14-21(20-7-5-19(6-8-20)18-3-1-17(2-4-18)13-26(36)37)9-10-22(23)27-32-24-11-12-25(33-28(24)34-27)35-16-30-15-31-35/h5-12,14-18H,1-4,13H2,(H,36,37)(H,32,33,34). The molecule has 5 aromatic rings. The number of benzene rings is 2. The summed E-state index contributed by atoms with van der Waals surface area (Å²) >= 11 is 0. The van der Waals surface area contributed by atoms with E-state index in [-0.39, 0.29) is 18.2 Å². The fourth-order valence-electron chi connectivity index (χ4n) is 5.25. The fourth-order valence-corrected chi connectivity index (χ4v) is 5.25. The highest BCUT2D eigenvalue weighted by molar-refractivity contribution is 5.78. The molecule has 1 fully saturated rings. The number of aliphatic carboxylic acids is 1. The van der Waals surface area contributed by atoms with Crippen LogP contribution < -0.4 is 0 Å². The van der Waals surface area contributed by atoms with Crippen LogP contribution in [0.1, 0.15) is 43.6 Å². The number of rotatable bonds is 6. The SMILES string of the molecule is O=C(O)CC1CCC(c2ccc(-c3ccc(-c4nc5nc(-n6cncn6)ccc5[nH]4)c(F)c3)cc2)CC1. The number of nitrogens with zero attached hydrogens (tertiary/aromatic N) is 5. The van der Waals surface area contributed by atoms with Gasteiger partial charge in [0.05, 0.1) is 11.1 Å². The Bertz CT molecular complexity index is 1550. The van der Waals surface area contributed by atoms with Crippen molar-refractivity contribution in [2.45, 2.75) is 38.0 Å². The Morgan fingerprint density at radius 3 is 2.49 bits per heavy atom. The van der Waals surface area contributed by atoms with Crippen LogP contribution >= 0.6 is 0 Å². The van der Waals surface area contributed by atoms with Crippen molar-refractivity contribution in [2.75, 3.05) is 0 Å². The van der Waals surface area contributed by atoms with Crippen molar-refractivity contribution in [3.8, 4) is 28.3 Å². The zero-order chi connectivity index (χ0) is 25.4. The molecule has 2 N–H and O–H groups in total. The minimum atomic E-state index is -0.708. The summed E-state index contributed by atoms with van der Waals surface area (Å²) in [4.78, 5) is 27.0. The molecule has 0 atom stereocenters. The van der Waals surface area contributed by atoms with Crippen molar-refractivity contribution >= 4 is 17.1 Å². The van der Waals surface area contributed by atoms with Gasteiger partial charge in [0.2, 0.25) is 0 Å². The summed E-state index contributed by atoms with van der Waals surface area (Å²) in [6.45, 7) is 0. The van der Waals surface area contributed by atoms with Gasteiger partial charge in [-0.15, -0.1) is 0 Å². The van der Waals surface area contributed by atoms with Gasteiger partial charge in [-0.05, 0) is 78.5 Å². The summed E-state index contributed by atoms with van der Waals surface area (Å²) in [6.07, 6.45) is 7.16. The first-order chi connectivity index (χ1) is 18.0. The van der Waals surface area contributed by atoms with Gasteiger partial charge >= 0.3 is 5.97 Å². The lowest BCUT2D eigenvalue weighted by Crippen LogP contribution is -2.16. The van der Waals surface area contributed by atoms with Gasteiger partial charge in [0.15, 0.2) is 11.5 Å². The van der Waals surface area contributed by atoms with E-state index >= 15 is 4.39 Å². The summed E-state index contributed by atoms with van der Waals surface area (Å²) in [5.41, 5.74) is 4.54. The van der Waals surface area contributed by atoms with Crippen LogP contribution in [-0.4, -0.2) is 40.8 Å². The zero-order valence-corrected chi connectivity index (χ0v) is 20.0. The van der Waals surface area contributed by atoms with Crippen molar-refractivity contribution < 1.29 is 14.3 Å². The van der Waals surface area contributed by atoms with E-state index in [1.807, 2.05) is 24.3 Å². The van der Waals surface area contributed by atoms with E-state index in [2.05, 4.69) is 37.2 Å². The van der Waals surface area contributed by atoms with Crippen molar-refractivity contribution in [2.24, 2.45) is 5.92 Å². The molecule has 2 aromatic carbocycles. The van der Waals surface area contributed by atoms with Gasteiger partial charge in [0.25, 0.3) is 0 Å². The Kier molecular flexibility index (Phi) is 5.96. The van der Waals surface area contributed by atoms with Crippen LogP contribution in [0, 0.1) is 11.7 Å². The molecule has 1 aliphatic carbocycles. The monoisotopic (exact) mass is 496 g/mol. The Labute approximate surface area is 212 Å². The second-order valence-corrected chi connectivity index (χ2v) is 9.60. The highest BCUT2D eigenvalue weighted by atomic mass is 19.1. The molecule has 0 radical (unpaired) electrons. The average molecular weight is 497 g/mol. The molecular formula is C28H25FN6O2. The number of pyridine rings is 1. The number of hydrogen-bond acceptors (Lipinski definition) is 5. The molecule has 6 rings (SSSR count). The van der Waals surface area contributed by atoms with Crippen LogP contribution in [0.2, 0.25) is 0 Å². The minimum Gasteiger partial charge on any atom is -0.481 e. The van der Waals surface area contributed by atoms with Crippen molar-refractivity contribution in [1.82, 2.24) is 29.7 Å². The lowest BCUT2D eigenvalue weighted by atomic mass is 9.77. The Morgan fingerprint density at radius 1 is 1.00 bits per heavy atom. The zero-order valence-electron chi connectivity index (χ0n) is 20.0. The van der Waals surface area contributed by atoms with Crippen molar-refractivity contribution in [3.05, 3.63) is 78.6 Å². The molecule has 0 unspecified atom stereocenters. The Balaban J connectivity index is 1.19. The van der Waals surface area contributed by atoms with Crippen LogP contribution in [0.4, 0.5) is 4.39 Å². The second-order valence-electron chi connectivity index (χ2n) is 9.60. The first-order valence-electron chi connectivity index (χ1n) is 12.4. The highest BCUT2D eigenvalue weighted by Gasteiger charge is 2.24. The van der Waals surface area contributed by atoms with Crippen LogP contribution in [0.3, 0.4) is 0 Å². The molecule has 37 heavy (non-hydrogen) atoms.